The highest BCUT2D eigenvalue weighted by Crippen LogP contribution is 2.37. The van der Waals surface area contributed by atoms with Crippen molar-refractivity contribution in [3.05, 3.63) is 51.4 Å². The van der Waals surface area contributed by atoms with Crippen LogP contribution in [0.4, 0.5) is 5.00 Å². The minimum atomic E-state index is -0.470. The van der Waals surface area contributed by atoms with E-state index in [4.69, 9.17) is 10.5 Å². The number of nitrogens with one attached hydrogen (secondary N) is 1. The summed E-state index contributed by atoms with van der Waals surface area (Å²) in [6, 6.07) is 7.27. The van der Waals surface area contributed by atoms with Crippen LogP contribution < -0.4 is 11.1 Å². The van der Waals surface area contributed by atoms with Crippen LogP contribution in [0.15, 0.2) is 24.3 Å². The lowest BCUT2D eigenvalue weighted by molar-refractivity contribution is 0.100. The Kier molecular flexibility index (Phi) is 5.50. The summed E-state index contributed by atoms with van der Waals surface area (Å²) in [7, 11) is 1.62. The van der Waals surface area contributed by atoms with Crippen molar-refractivity contribution in [2.45, 2.75) is 38.7 Å². The highest BCUT2D eigenvalue weighted by atomic mass is 32.1. The quantitative estimate of drug-likeness (QED) is 0.803. The lowest BCUT2D eigenvalue weighted by Gasteiger charge is -2.07. The second-order valence-electron chi connectivity index (χ2n) is 6.22. The first-order chi connectivity index (χ1) is 12.1. The zero-order valence-electron chi connectivity index (χ0n) is 14.3. The Morgan fingerprint density at radius 1 is 1.24 bits per heavy atom. The fraction of sp³-hybridized carbons (Fsp3) is 0.368. The largest absolute Gasteiger partial charge is 0.380 e. The number of thiophene rings is 1. The monoisotopic (exact) mass is 358 g/mol. The van der Waals surface area contributed by atoms with Gasteiger partial charge in [-0.1, -0.05) is 18.6 Å². The van der Waals surface area contributed by atoms with E-state index in [1.807, 2.05) is 12.1 Å². The average Bonchev–Trinajstić information content (AvgIpc) is 2.77. The molecule has 6 heteroatoms. The van der Waals surface area contributed by atoms with Gasteiger partial charge in [-0.2, -0.15) is 0 Å². The molecule has 132 valence electrons. The second-order valence-corrected chi connectivity index (χ2v) is 7.33. The van der Waals surface area contributed by atoms with Crippen LogP contribution in [-0.4, -0.2) is 18.9 Å². The predicted octanol–water partition coefficient (Wildman–Crippen LogP) is 3.51. The maximum Gasteiger partial charge on any atom is 0.256 e. The number of hydrogen-bond acceptors (Lipinski definition) is 4. The third kappa shape index (κ3) is 3.91. The Morgan fingerprint density at radius 2 is 2.04 bits per heavy atom. The van der Waals surface area contributed by atoms with Crippen LogP contribution in [0.25, 0.3) is 0 Å². The molecule has 0 saturated carbocycles. The first-order valence-corrected chi connectivity index (χ1v) is 9.25. The van der Waals surface area contributed by atoms with E-state index in [0.29, 0.717) is 22.7 Å². The first-order valence-electron chi connectivity index (χ1n) is 8.43. The molecule has 2 aromatic rings. The number of carbonyl (C=O) groups is 2. The Hall–Kier alpha value is -2.18. The highest BCUT2D eigenvalue weighted by Gasteiger charge is 2.24. The van der Waals surface area contributed by atoms with Crippen molar-refractivity contribution in [1.29, 1.82) is 0 Å². The summed E-state index contributed by atoms with van der Waals surface area (Å²) < 4.78 is 5.11. The van der Waals surface area contributed by atoms with Gasteiger partial charge in [0.2, 0.25) is 0 Å². The van der Waals surface area contributed by atoms with E-state index in [0.717, 1.165) is 43.2 Å². The van der Waals surface area contributed by atoms with Gasteiger partial charge in [-0.05, 0) is 48.9 Å². The van der Waals surface area contributed by atoms with Crippen LogP contribution in [0.1, 0.15) is 56.0 Å². The van der Waals surface area contributed by atoms with Gasteiger partial charge in [0, 0.05) is 17.6 Å². The standard InChI is InChI=1S/C19H22N2O3S/c1-24-11-12-6-5-7-13(10-12)18(23)21-19-16(17(20)22)14-8-3-2-4-9-15(14)25-19/h5-7,10H,2-4,8-9,11H2,1H3,(H2,20,22)(H,21,23). The van der Waals surface area contributed by atoms with E-state index >= 15 is 0 Å². The lowest BCUT2D eigenvalue weighted by Crippen LogP contribution is -2.18. The van der Waals surface area contributed by atoms with Gasteiger partial charge >= 0.3 is 0 Å². The summed E-state index contributed by atoms with van der Waals surface area (Å²) in [6.07, 6.45) is 5.12. The molecule has 2 amide bonds. The summed E-state index contributed by atoms with van der Waals surface area (Å²) in [5.74, 6) is -0.709. The molecular weight excluding hydrogens is 336 g/mol. The number of aryl methyl sites for hydroxylation is 1. The number of fused-ring (bicyclic) bond motifs is 1. The smallest absolute Gasteiger partial charge is 0.256 e. The number of methoxy groups -OCH3 is 1. The molecule has 0 spiro atoms. The Morgan fingerprint density at radius 3 is 2.80 bits per heavy atom. The highest BCUT2D eigenvalue weighted by molar-refractivity contribution is 7.17. The fourth-order valence-electron chi connectivity index (χ4n) is 3.24. The molecule has 0 saturated heterocycles. The number of rotatable bonds is 5. The number of nitrogens with two attached hydrogens (primary N) is 1. The van der Waals surface area contributed by atoms with Crippen molar-refractivity contribution in [1.82, 2.24) is 0 Å². The SMILES string of the molecule is COCc1cccc(C(=O)Nc2sc3c(c2C(N)=O)CCCCC3)c1. The molecule has 3 rings (SSSR count). The van der Waals surface area contributed by atoms with E-state index in [1.54, 1.807) is 19.2 Å². The van der Waals surface area contributed by atoms with E-state index in [-0.39, 0.29) is 5.91 Å². The average molecular weight is 358 g/mol. The van der Waals surface area contributed by atoms with Gasteiger partial charge < -0.3 is 15.8 Å². The molecule has 0 radical (unpaired) electrons. The zero-order chi connectivity index (χ0) is 17.8. The van der Waals surface area contributed by atoms with Crippen LogP contribution in [0, 0.1) is 0 Å². The number of anilines is 1. The Bertz CT molecular complexity index is 798. The molecule has 1 aliphatic carbocycles. The van der Waals surface area contributed by atoms with Crippen LogP contribution in [0.5, 0.6) is 0 Å². The molecule has 0 unspecified atom stereocenters. The third-order valence-corrected chi connectivity index (χ3v) is 5.60. The third-order valence-electron chi connectivity index (χ3n) is 4.39. The number of amides is 2. The van der Waals surface area contributed by atoms with Gasteiger partial charge in [0.1, 0.15) is 5.00 Å². The first kappa shape index (κ1) is 17.6. The maximum absolute atomic E-state index is 12.6. The molecular formula is C19H22N2O3S. The fourth-order valence-corrected chi connectivity index (χ4v) is 4.53. The summed E-state index contributed by atoms with van der Waals surface area (Å²) >= 11 is 1.48. The minimum Gasteiger partial charge on any atom is -0.380 e. The molecule has 0 aliphatic heterocycles. The molecule has 1 aromatic heterocycles. The van der Waals surface area contributed by atoms with Gasteiger partial charge in [-0.25, -0.2) is 0 Å². The predicted molar refractivity (Wildman–Crippen MR) is 99.2 cm³/mol. The van der Waals surface area contributed by atoms with Gasteiger partial charge in [-0.3, -0.25) is 9.59 Å². The molecule has 0 atom stereocenters. The van der Waals surface area contributed by atoms with Crippen LogP contribution in [-0.2, 0) is 24.2 Å². The number of hydrogen-bond donors (Lipinski definition) is 2. The summed E-state index contributed by atoms with van der Waals surface area (Å²) in [5.41, 5.74) is 8.59. The minimum absolute atomic E-state index is 0.239. The number of carbonyl (C=O) groups excluding carboxylic acids is 2. The lowest BCUT2D eigenvalue weighted by atomic mass is 10.0. The molecule has 0 bridgehead atoms. The molecule has 0 fully saturated rings. The number of primary amides is 1. The Labute approximate surface area is 151 Å². The van der Waals surface area contributed by atoms with Gasteiger partial charge in [0.05, 0.1) is 12.2 Å². The molecule has 3 N–H and O–H groups in total. The summed E-state index contributed by atoms with van der Waals surface area (Å²) in [6.45, 7) is 0.445. The summed E-state index contributed by atoms with van der Waals surface area (Å²) in [4.78, 5) is 25.8. The summed E-state index contributed by atoms with van der Waals surface area (Å²) in [5, 5.41) is 3.46. The van der Waals surface area contributed by atoms with E-state index in [2.05, 4.69) is 5.32 Å². The van der Waals surface area contributed by atoms with E-state index < -0.39 is 5.91 Å². The molecule has 1 aromatic carbocycles. The van der Waals surface area contributed by atoms with Crippen molar-refractivity contribution in [3.63, 3.8) is 0 Å². The topological polar surface area (TPSA) is 81.4 Å². The molecule has 1 heterocycles. The van der Waals surface area contributed by atoms with Crippen molar-refractivity contribution in [2.24, 2.45) is 5.73 Å². The van der Waals surface area contributed by atoms with Crippen molar-refractivity contribution < 1.29 is 14.3 Å². The molecule has 5 nitrogen and oxygen atoms in total. The van der Waals surface area contributed by atoms with Crippen molar-refractivity contribution in [2.75, 3.05) is 12.4 Å². The number of benzene rings is 1. The normalized spacial score (nSPS) is 13.8. The van der Waals surface area contributed by atoms with Crippen molar-refractivity contribution in [3.8, 4) is 0 Å². The maximum atomic E-state index is 12.6. The van der Waals surface area contributed by atoms with Gasteiger partial charge in [0.15, 0.2) is 0 Å². The second kappa shape index (κ2) is 7.80. The Balaban J connectivity index is 1.88. The molecule has 25 heavy (non-hydrogen) atoms. The van der Waals surface area contributed by atoms with Crippen LogP contribution in [0.2, 0.25) is 0 Å². The van der Waals surface area contributed by atoms with Crippen LogP contribution in [0.3, 0.4) is 0 Å². The van der Waals surface area contributed by atoms with E-state index in [9.17, 15) is 9.59 Å². The number of ether oxygens (including phenoxy) is 1. The van der Waals surface area contributed by atoms with Crippen LogP contribution >= 0.6 is 11.3 Å². The molecule has 1 aliphatic rings. The van der Waals surface area contributed by atoms with Crippen molar-refractivity contribution >= 4 is 28.2 Å². The van der Waals surface area contributed by atoms with E-state index in [1.165, 1.54) is 16.2 Å². The zero-order valence-corrected chi connectivity index (χ0v) is 15.1. The van der Waals surface area contributed by atoms with Gasteiger partial charge in [-0.15, -0.1) is 11.3 Å². The van der Waals surface area contributed by atoms with Gasteiger partial charge in [0.25, 0.3) is 11.8 Å².